The maximum absolute atomic E-state index is 13.9. The minimum absolute atomic E-state index is 0.191. The summed E-state index contributed by atoms with van der Waals surface area (Å²) in [5.74, 6) is -0.446. The van der Waals surface area contributed by atoms with Crippen LogP contribution in [0.5, 0.6) is 0 Å². The topological polar surface area (TPSA) is 76.8 Å². The van der Waals surface area contributed by atoms with Gasteiger partial charge in [-0.05, 0) is 30.2 Å². The van der Waals surface area contributed by atoms with Crippen LogP contribution in [0.4, 0.5) is 0 Å². The SMILES string of the molecule is COC(=O)C1Cc2ccccc2CN1C(=O)c1cccc2c(=O)c(C)c(-c3ccccc3)oc12. The number of para-hydroxylation sites is 1. The third-order valence-electron chi connectivity index (χ3n) is 6.39. The summed E-state index contributed by atoms with van der Waals surface area (Å²) in [7, 11) is 1.32. The van der Waals surface area contributed by atoms with E-state index >= 15 is 0 Å². The van der Waals surface area contributed by atoms with Gasteiger partial charge in [0, 0.05) is 24.1 Å². The van der Waals surface area contributed by atoms with Crippen molar-refractivity contribution in [3.63, 3.8) is 0 Å². The number of ether oxygens (including phenoxy) is 1. The zero-order valence-corrected chi connectivity index (χ0v) is 18.9. The Morgan fingerprint density at radius 2 is 1.65 bits per heavy atom. The average molecular weight is 453 g/mol. The van der Waals surface area contributed by atoms with Crippen molar-refractivity contribution in [2.75, 3.05) is 7.11 Å². The number of carbonyl (C=O) groups excluding carboxylic acids is 2. The van der Waals surface area contributed by atoms with Gasteiger partial charge in [0.05, 0.1) is 18.1 Å². The van der Waals surface area contributed by atoms with Crippen molar-refractivity contribution in [2.45, 2.75) is 25.9 Å². The number of amides is 1. The molecule has 1 aliphatic rings. The van der Waals surface area contributed by atoms with E-state index in [1.165, 1.54) is 12.0 Å². The van der Waals surface area contributed by atoms with Crippen LogP contribution >= 0.6 is 0 Å². The highest BCUT2D eigenvalue weighted by molar-refractivity contribution is 6.06. The van der Waals surface area contributed by atoms with Crippen molar-refractivity contribution >= 4 is 22.8 Å². The molecule has 4 aromatic rings. The minimum Gasteiger partial charge on any atom is -0.467 e. The Morgan fingerprint density at radius 1 is 0.941 bits per heavy atom. The zero-order valence-electron chi connectivity index (χ0n) is 18.9. The molecule has 0 radical (unpaired) electrons. The molecule has 1 atom stereocenters. The van der Waals surface area contributed by atoms with Crippen LogP contribution in [0.2, 0.25) is 0 Å². The van der Waals surface area contributed by atoms with E-state index in [-0.39, 0.29) is 29.0 Å². The second-order valence-electron chi connectivity index (χ2n) is 8.38. The number of hydrogen-bond acceptors (Lipinski definition) is 5. The molecule has 0 spiro atoms. The summed E-state index contributed by atoms with van der Waals surface area (Å²) in [6, 6.07) is 21.2. The van der Waals surface area contributed by atoms with Crippen LogP contribution < -0.4 is 5.43 Å². The summed E-state index contributed by atoms with van der Waals surface area (Å²) in [5, 5.41) is 0.329. The fourth-order valence-electron chi connectivity index (χ4n) is 4.58. The molecule has 3 aromatic carbocycles. The first-order valence-electron chi connectivity index (χ1n) is 11.1. The first kappa shape index (κ1) is 21.6. The molecule has 0 saturated heterocycles. The molecule has 1 aliphatic heterocycles. The Hall–Kier alpha value is -4.19. The quantitative estimate of drug-likeness (QED) is 0.427. The molecule has 0 aliphatic carbocycles. The van der Waals surface area contributed by atoms with Crippen molar-refractivity contribution in [3.05, 3.63) is 105 Å². The van der Waals surface area contributed by atoms with E-state index < -0.39 is 12.0 Å². The average Bonchev–Trinajstić information content (AvgIpc) is 2.89. The Morgan fingerprint density at radius 3 is 2.38 bits per heavy atom. The molecule has 0 N–H and O–H groups in total. The van der Waals surface area contributed by atoms with Crippen molar-refractivity contribution < 1.29 is 18.7 Å². The van der Waals surface area contributed by atoms with Gasteiger partial charge in [-0.3, -0.25) is 9.59 Å². The number of benzene rings is 3. The molecule has 2 heterocycles. The molecule has 0 saturated carbocycles. The van der Waals surface area contributed by atoms with Crippen LogP contribution in [0.25, 0.3) is 22.3 Å². The zero-order chi connectivity index (χ0) is 23.8. The molecule has 0 fully saturated rings. The smallest absolute Gasteiger partial charge is 0.328 e. The largest absolute Gasteiger partial charge is 0.467 e. The highest BCUT2D eigenvalue weighted by atomic mass is 16.5. The lowest BCUT2D eigenvalue weighted by Gasteiger charge is -2.35. The fraction of sp³-hybridized carbons (Fsp3) is 0.179. The molecular weight excluding hydrogens is 430 g/mol. The van der Waals surface area contributed by atoms with Gasteiger partial charge >= 0.3 is 5.97 Å². The van der Waals surface area contributed by atoms with Crippen molar-refractivity contribution in [1.29, 1.82) is 0 Å². The number of esters is 1. The first-order valence-corrected chi connectivity index (χ1v) is 11.1. The van der Waals surface area contributed by atoms with Gasteiger partial charge in [-0.15, -0.1) is 0 Å². The molecule has 1 amide bonds. The van der Waals surface area contributed by atoms with Crippen LogP contribution in [0.3, 0.4) is 0 Å². The van der Waals surface area contributed by atoms with Gasteiger partial charge < -0.3 is 14.1 Å². The second kappa shape index (κ2) is 8.63. The number of nitrogens with zero attached hydrogens (tertiary/aromatic N) is 1. The third kappa shape index (κ3) is 3.57. The van der Waals surface area contributed by atoms with E-state index in [1.807, 2.05) is 54.6 Å². The second-order valence-corrected chi connectivity index (χ2v) is 8.38. The molecule has 34 heavy (non-hydrogen) atoms. The maximum atomic E-state index is 13.9. The number of methoxy groups -OCH3 is 1. The van der Waals surface area contributed by atoms with Gasteiger partial charge in [0.15, 0.2) is 11.0 Å². The standard InChI is InChI=1S/C28H23NO5/c1-17-24(30)21-13-8-14-22(26(21)34-25(17)18-9-4-3-5-10-18)27(31)29-16-20-12-7-6-11-19(20)15-23(29)28(32)33-2/h3-14,23H,15-16H2,1-2H3. The van der Waals surface area contributed by atoms with Gasteiger partial charge in [0.25, 0.3) is 5.91 Å². The van der Waals surface area contributed by atoms with Crippen LogP contribution in [-0.4, -0.2) is 29.9 Å². The molecule has 6 nitrogen and oxygen atoms in total. The van der Waals surface area contributed by atoms with Crippen LogP contribution in [-0.2, 0) is 22.5 Å². The Kier molecular flexibility index (Phi) is 5.49. The number of carbonyl (C=O) groups is 2. The maximum Gasteiger partial charge on any atom is 0.328 e. The predicted molar refractivity (Wildman–Crippen MR) is 128 cm³/mol. The van der Waals surface area contributed by atoms with Gasteiger partial charge in [0.1, 0.15) is 11.8 Å². The summed E-state index contributed by atoms with van der Waals surface area (Å²) in [6.07, 6.45) is 0.359. The Bertz CT molecular complexity index is 1470. The Balaban J connectivity index is 1.66. The molecule has 6 heteroatoms. The molecule has 1 unspecified atom stereocenters. The summed E-state index contributed by atoms with van der Waals surface area (Å²) in [4.78, 5) is 41.2. The van der Waals surface area contributed by atoms with E-state index in [2.05, 4.69) is 0 Å². The van der Waals surface area contributed by atoms with Gasteiger partial charge in [-0.2, -0.15) is 0 Å². The Labute approximate surface area is 196 Å². The van der Waals surface area contributed by atoms with E-state index in [0.717, 1.165) is 16.7 Å². The van der Waals surface area contributed by atoms with E-state index in [4.69, 9.17) is 9.15 Å². The monoisotopic (exact) mass is 453 g/mol. The molecule has 170 valence electrons. The third-order valence-corrected chi connectivity index (χ3v) is 6.39. The lowest BCUT2D eigenvalue weighted by Crippen LogP contribution is -2.49. The molecule has 0 bridgehead atoms. The predicted octanol–water partition coefficient (Wildman–Crippen LogP) is 4.51. The molecular formula is C28H23NO5. The van der Waals surface area contributed by atoms with Crippen LogP contribution in [0, 0.1) is 6.92 Å². The number of rotatable bonds is 3. The summed E-state index contributed by atoms with van der Waals surface area (Å²) < 4.78 is 11.2. The number of hydrogen-bond donors (Lipinski definition) is 0. The van der Waals surface area contributed by atoms with E-state index in [0.29, 0.717) is 23.1 Å². The van der Waals surface area contributed by atoms with E-state index in [1.54, 1.807) is 25.1 Å². The molecule has 5 rings (SSSR count). The van der Waals surface area contributed by atoms with E-state index in [9.17, 15) is 14.4 Å². The minimum atomic E-state index is -0.770. The molecule has 1 aromatic heterocycles. The fourth-order valence-corrected chi connectivity index (χ4v) is 4.58. The first-order chi connectivity index (χ1) is 16.5. The van der Waals surface area contributed by atoms with Crippen molar-refractivity contribution in [1.82, 2.24) is 4.90 Å². The lowest BCUT2D eigenvalue weighted by atomic mass is 9.93. The van der Waals surface area contributed by atoms with Crippen molar-refractivity contribution in [3.8, 4) is 11.3 Å². The summed E-state index contributed by atoms with van der Waals surface area (Å²) in [6.45, 7) is 1.98. The number of fused-ring (bicyclic) bond motifs is 2. The highest BCUT2D eigenvalue weighted by Crippen LogP contribution is 2.30. The summed E-state index contributed by atoms with van der Waals surface area (Å²) in [5.41, 5.74) is 3.46. The normalized spacial score (nSPS) is 15.1. The van der Waals surface area contributed by atoms with Crippen molar-refractivity contribution in [2.24, 2.45) is 0 Å². The van der Waals surface area contributed by atoms with Crippen LogP contribution in [0.15, 0.2) is 82.0 Å². The van der Waals surface area contributed by atoms with Crippen LogP contribution in [0.1, 0.15) is 27.0 Å². The summed E-state index contributed by atoms with van der Waals surface area (Å²) >= 11 is 0. The van der Waals surface area contributed by atoms with Gasteiger partial charge in [0.2, 0.25) is 0 Å². The highest BCUT2D eigenvalue weighted by Gasteiger charge is 2.36. The van der Waals surface area contributed by atoms with Gasteiger partial charge in [-0.25, -0.2) is 4.79 Å². The van der Waals surface area contributed by atoms with Gasteiger partial charge in [-0.1, -0.05) is 60.7 Å². The lowest BCUT2D eigenvalue weighted by molar-refractivity contribution is -0.146.